The standard InChI is InChI=1S/C16H26N2O3/c1-3-10-20-16-13-14(18-8-6-17-7-9-18)4-5-15(16)21-12-11-19-2/h4-5,13,17H,3,6-12H2,1-2H3. The van der Waals surface area contributed by atoms with Crippen LogP contribution >= 0.6 is 0 Å². The first-order valence-electron chi connectivity index (χ1n) is 7.69. The average molecular weight is 294 g/mol. The summed E-state index contributed by atoms with van der Waals surface area (Å²) in [5, 5.41) is 3.37. The van der Waals surface area contributed by atoms with Gasteiger partial charge in [-0.2, -0.15) is 0 Å². The zero-order valence-electron chi connectivity index (χ0n) is 13.1. The number of ether oxygens (including phenoxy) is 3. The van der Waals surface area contributed by atoms with Crippen LogP contribution in [0.5, 0.6) is 11.5 Å². The molecule has 5 heteroatoms. The summed E-state index contributed by atoms with van der Waals surface area (Å²) in [7, 11) is 1.67. The van der Waals surface area contributed by atoms with E-state index in [0.717, 1.165) is 44.1 Å². The fraction of sp³-hybridized carbons (Fsp3) is 0.625. The second kappa shape index (κ2) is 8.74. The Balaban J connectivity index is 2.08. The Bertz CT molecular complexity index is 420. The zero-order chi connectivity index (χ0) is 14.9. The normalized spacial score (nSPS) is 15.0. The molecule has 0 aliphatic carbocycles. The summed E-state index contributed by atoms with van der Waals surface area (Å²) in [5.41, 5.74) is 1.20. The Morgan fingerprint density at radius 2 is 1.81 bits per heavy atom. The van der Waals surface area contributed by atoms with Crippen molar-refractivity contribution in [1.29, 1.82) is 0 Å². The minimum absolute atomic E-state index is 0.534. The zero-order valence-corrected chi connectivity index (χ0v) is 13.1. The largest absolute Gasteiger partial charge is 0.490 e. The predicted molar refractivity (Wildman–Crippen MR) is 84.7 cm³/mol. The third kappa shape index (κ3) is 4.79. The summed E-state index contributed by atoms with van der Waals surface area (Å²) >= 11 is 0. The molecule has 0 aromatic heterocycles. The fourth-order valence-corrected chi connectivity index (χ4v) is 2.30. The molecular formula is C16H26N2O3. The van der Waals surface area contributed by atoms with Crippen LogP contribution in [0.15, 0.2) is 18.2 Å². The number of methoxy groups -OCH3 is 1. The quantitative estimate of drug-likeness (QED) is 0.742. The molecule has 0 saturated carbocycles. The number of rotatable bonds is 8. The molecule has 1 fully saturated rings. The Morgan fingerprint density at radius 3 is 2.52 bits per heavy atom. The molecule has 0 atom stereocenters. The Labute approximate surface area is 127 Å². The average Bonchev–Trinajstić information content (AvgIpc) is 2.54. The number of nitrogens with zero attached hydrogens (tertiary/aromatic N) is 1. The molecular weight excluding hydrogens is 268 g/mol. The molecule has 1 aromatic carbocycles. The molecule has 0 radical (unpaired) electrons. The number of nitrogens with one attached hydrogen (secondary N) is 1. The highest BCUT2D eigenvalue weighted by Crippen LogP contribution is 2.32. The maximum Gasteiger partial charge on any atom is 0.163 e. The van der Waals surface area contributed by atoms with Crippen molar-refractivity contribution >= 4 is 5.69 Å². The lowest BCUT2D eigenvalue weighted by Gasteiger charge is -2.30. The number of piperazine rings is 1. The smallest absolute Gasteiger partial charge is 0.163 e. The van der Waals surface area contributed by atoms with Gasteiger partial charge in [-0.25, -0.2) is 0 Å². The molecule has 2 rings (SSSR count). The molecule has 5 nitrogen and oxygen atoms in total. The van der Waals surface area contributed by atoms with Gasteiger partial charge in [0.15, 0.2) is 11.5 Å². The molecule has 118 valence electrons. The van der Waals surface area contributed by atoms with Crippen molar-refractivity contribution in [1.82, 2.24) is 5.32 Å². The van der Waals surface area contributed by atoms with Crippen molar-refractivity contribution in [3.63, 3.8) is 0 Å². The van der Waals surface area contributed by atoms with E-state index in [0.29, 0.717) is 19.8 Å². The van der Waals surface area contributed by atoms with Crippen LogP contribution in [-0.2, 0) is 4.74 Å². The molecule has 1 saturated heterocycles. The summed E-state index contributed by atoms with van der Waals surface area (Å²) in [4.78, 5) is 2.37. The third-order valence-electron chi connectivity index (χ3n) is 3.42. The number of anilines is 1. The highest BCUT2D eigenvalue weighted by molar-refractivity contribution is 5.56. The second-order valence-electron chi connectivity index (χ2n) is 5.06. The molecule has 1 heterocycles. The molecule has 0 amide bonds. The van der Waals surface area contributed by atoms with Gasteiger partial charge in [0.25, 0.3) is 0 Å². The number of benzene rings is 1. The lowest BCUT2D eigenvalue weighted by atomic mass is 10.2. The second-order valence-corrected chi connectivity index (χ2v) is 5.06. The van der Waals surface area contributed by atoms with Gasteiger partial charge in [0.1, 0.15) is 6.61 Å². The van der Waals surface area contributed by atoms with Crippen molar-refractivity contribution in [3.05, 3.63) is 18.2 Å². The van der Waals surface area contributed by atoms with Crippen LogP contribution in [0.2, 0.25) is 0 Å². The monoisotopic (exact) mass is 294 g/mol. The summed E-state index contributed by atoms with van der Waals surface area (Å²) in [6, 6.07) is 6.19. The van der Waals surface area contributed by atoms with E-state index in [9.17, 15) is 0 Å². The van der Waals surface area contributed by atoms with Crippen molar-refractivity contribution in [2.24, 2.45) is 0 Å². The highest BCUT2D eigenvalue weighted by atomic mass is 16.5. The summed E-state index contributed by atoms with van der Waals surface area (Å²) in [5.74, 6) is 1.61. The van der Waals surface area contributed by atoms with E-state index < -0.39 is 0 Å². The van der Waals surface area contributed by atoms with E-state index in [1.54, 1.807) is 7.11 Å². The Kier molecular flexibility index (Phi) is 6.63. The molecule has 21 heavy (non-hydrogen) atoms. The van der Waals surface area contributed by atoms with Gasteiger partial charge in [-0.3, -0.25) is 0 Å². The lowest BCUT2D eigenvalue weighted by Crippen LogP contribution is -2.43. The van der Waals surface area contributed by atoms with Crippen molar-refractivity contribution in [2.75, 3.05) is 58.0 Å². The summed E-state index contributed by atoms with van der Waals surface area (Å²) in [6.45, 7) is 8.01. The first kappa shape index (κ1) is 15.9. The number of hydrogen-bond acceptors (Lipinski definition) is 5. The number of hydrogen-bond donors (Lipinski definition) is 1. The van der Waals surface area contributed by atoms with Crippen LogP contribution in [0.4, 0.5) is 5.69 Å². The van der Waals surface area contributed by atoms with Gasteiger partial charge in [0.05, 0.1) is 13.2 Å². The summed E-state index contributed by atoms with van der Waals surface area (Å²) in [6.07, 6.45) is 0.982. The van der Waals surface area contributed by atoms with E-state index in [4.69, 9.17) is 14.2 Å². The first-order chi connectivity index (χ1) is 10.3. The molecule has 1 aromatic rings. The van der Waals surface area contributed by atoms with Crippen LogP contribution in [0, 0.1) is 0 Å². The maximum absolute atomic E-state index is 5.84. The minimum Gasteiger partial charge on any atom is -0.490 e. The van der Waals surface area contributed by atoms with E-state index >= 15 is 0 Å². The molecule has 0 unspecified atom stereocenters. The van der Waals surface area contributed by atoms with Crippen LogP contribution in [0.3, 0.4) is 0 Å². The van der Waals surface area contributed by atoms with Gasteiger partial charge in [-0.1, -0.05) is 6.92 Å². The topological polar surface area (TPSA) is 43.0 Å². The molecule has 1 aliphatic rings. The molecule has 0 bridgehead atoms. The van der Waals surface area contributed by atoms with Crippen molar-refractivity contribution < 1.29 is 14.2 Å². The van der Waals surface area contributed by atoms with E-state index in [1.165, 1.54) is 5.69 Å². The molecule has 0 spiro atoms. The van der Waals surface area contributed by atoms with Crippen LogP contribution in [0.1, 0.15) is 13.3 Å². The van der Waals surface area contributed by atoms with E-state index in [1.807, 2.05) is 6.07 Å². The third-order valence-corrected chi connectivity index (χ3v) is 3.42. The van der Waals surface area contributed by atoms with Gasteiger partial charge in [-0.05, 0) is 18.6 Å². The minimum atomic E-state index is 0.534. The molecule has 1 aliphatic heterocycles. The maximum atomic E-state index is 5.84. The van der Waals surface area contributed by atoms with Gasteiger partial charge in [0, 0.05) is 45.0 Å². The van der Waals surface area contributed by atoms with Crippen LogP contribution < -0.4 is 19.7 Å². The lowest BCUT2D eigenvalue weighted by molar-refractivity contribution is 0.143. The molecule has 1 N–H and O–H groups in total. The van der Waals surface area contributed by atoms with Gasteiger partial charge in [0.2, 0.25) is 0 Å². The predicted octanol–water partition coefficient (Wildman–Crippen LogP) is 1.91. The van der Waals surface area contributed by atoms with Crippen molar-refractivity contribution in [3.8, 4) is 11.5 Å². The fourth-order valence-electron chi connectivity index (χ4n) is 2.30. The van der Waals surface area contributed by atoms with Crippen LogP contribution in [-0.4, -0.2) is 53.1 Å². The van der Waals surface area contributed by atoms with Crippen molar-refractivity contribution in [2.45, 2.75) is 13.3 Å². The van der Waals surface area contributed by atoms with Gasteiger partial charge in [-0.15, -0.1) is 0 Å². The summed E-state index contributed by atoms with van der Waals surface area (Å²) < 4.78 is 16.6. The van der Waals surface area contributed by atoms with Gasteiger partial charge >= 0.3 is 0 Å². The first-order valence-corrected chi connectivity index (χ1v) is 7.69. The SMILES string of the molecule is CCCOc1cc(N2CCNCC2)ccc1OCCOC. The van der Waals surface area contributed by atoms with E-state index in [-0.39, 0.29) is 0 Å². The Morgan fingerprint density at radius 1 is 1.05 bits per heavy atom. The Hall–Kier alpha value is -1.46. The highest BCUT2D eigenvalue weighted by Gasteiger charge is 2.14. The van der Waals surface area contributed by atoms with E-state index in [2.05, 4.69) is 29.3 Å². The van der Waals surface area contributed by atoms with Crippen LogP contribution in [0.25, 0.3) is 0 Å². The van der Waals surface area contributed by atoms with Gasteiger partial charge < -0.3 is 24.4 Å².